The van der Waals surface area contributed by atoms with Crippen molar-refractivity contribution >= 4 is 23.2 Å². The average molecular weight is 421 g/mol. The van der Waals surface area contributed by atoms with Crippen LogP contribution >= 0.6 is 0 Å². The van der Waals surface area contributed by atoms with Crippen LogP contribution in [0.2, 0.25) is 0 Å². The van der Waals surface area contributed by atoms with Crippen LogP contribution in [0.15, 0.2) is 54.4 Å². The Kier molecular flexibility index (Phi) is 6.21. The van der Waals surface area contributed by atoms with Gasteiger partial charge in [0.2, 0.25) is 0 Å². The first-order chi connectivity index (χ1) is 15.1. The van der Waals surface area contributed by atoms with Gasteiger partial charge in [-0.15, -0.1) is 0 Å². The second-order valence-electron chi connectivity index (χ2n) is 7.60. The standard InChI is InChI=1S/C24H28N4O3/c1-3-13-28-23(29)21(18-8-10-19(11-9-18)31-4-2)22(24(28)30)27-16-14-26(15-17-27)20-7-5-6-12-25-20/h5-12H,3-4,13-17H2,1-2H3. The number of carbonyl (C=O) groups is 2. The largest absolute Gasteiger partial charge is 0.494 e. The van der Waals surface area contributed by atoms with Gasteiger partial charge in [0.25, 0.3) is 11.8 Å². The van der Waals surface area contributed by atoms with E-state index in [9.17, 15) is 9.59 Å². The number of rotatable bonds is 7. The second-order valence-corrected chi connectivity index (χ2v) is 7.60. The molecule has 0 radical (unpaired) electrons. The highest BCUT2D eigenvalue weighted by Crippen LogP contribution is 2.33. The molecule has 2 amide bonds. The number of imide groups is 1. The third kappa shape index (κ3) is 4.13. The summed E-state index contributed by atoms with van der Waals surface area (Å²) >= 11 is 0. The molecule has 31 heavy (non-hydrogen) atoms. The molecule has 7 nitrogen and oxygen atoms in total. The molecule has 0 aliphatic carbocycles. The molecule has 2 aliphatic rings. The Bertz CT molecular complexity index is 964. The Morgan fingerprint density at radius 3 is 2.23 bits per heavy atom. The summed E-state index contributed by atoms with van der Waals surface area (Å²) in [5, 5.41) is 0. The molecule has 162 valence electrons. The monoisotopic (exact) mass is 420 g/mol. The minimum Gasteiger partial charge on any atom is -0.494 e. The summed E-state index contributed by atoms with van der Waals surface area (Å²) in [6.07, 6.45) is 2.52. The molecule has 0 atom stereocenters. The van der Waals surface area contributed by atoms with E-state index in [1.165, 1.54) is 4.90 Å². The lowest BCUT2D eigenvalue weighted by molar-refractivity contribution is -0.137. The predicted octanol–water partition coefficient (Wildman–Crippen LogP) is 2.79. The third-order valence-corrected chi connectivity index (χ3v) is 5.61. The van der Waals surface area contributed by atoms with E-state index < -0.39 is 0 Å². The first kappa shape index (κ1) is 20.9. The molecule has 0 saturated carbocycles. The van der Waals surface area contributed by atoms with E-state index in [4.69, 9.17) is 4.74 Å². The average Bonchev–Trinajstić information content (AvgIpc) is 3.06. The SMILES string of the molecule is CCCN1C(=O)C(c2ccc(OCC)cc2)=C(N2CCN(c3ccccn3)CC2)C1=O. The predicted molar refractivity (Wildman–Crippen MR) is 120 cm³/mol. The number of amides is 2. The summed E-state index contributed by atoms with van der Waals surface area (Å²) in [6, 6.07) is 13.3. The van der Waals surface area contributed by atoms with Crippen molar-refractivity contribution in [1.29, 1.82) is 0 Å². The van der Waals surface area contributed by atoms with Gasteiger partial charge in [0.1, 0.15) is 17.3 Å². The van der Waals surface area contributed by atoms with E-state index in [2.05, 4.69) is 14.8 Å². The summed E-state index contributed by atoms with van der Waals surface area (Å²) in [4.78, 5) is 36.6. The number of ether oxygens (including phenoxy) is 1. The van der Waals surface area contributed by atoms with Crippen LogP contribution < -0.4 is 9.64 Å². The molecule has 2 aliphatic heterocycles. The minimum absolute atomic E-state index is 0.193. The maximum Gasteiger partial charge on any atom is 0.277 e. The van der Waals surface area contributed by atoms with Crippen LogP contribution in [-0.2, 0) is 9.59 Å². The Balaban J connectivity index is 1.62. The van der Waals surface area contributed by atoms with E-state index in [1.807, 2.05) is 56.3 Å². The van der Waals surface area contributed by atoms with Gasteiger partial charge in [0, 0.05) is 38.9 Å². The molecule has 4 rings (SSSR count). The molecule has 1 fully saturated rings. The number of benzene rings is 1. The van der Waals surface area contributed by atoms with Gasteiger partial charge in [0.15, 0.2) is 0 Å². The molecular weight excluding hydrogens is 392 g/mol. The normalized spacial score (nSPS) is 17.0. The van der Waals surface area contributed by atoms with E-state index in [0.717, 1.165) is 36.6 Å². The molecule has 7 heteroatoms. The smallest absolute Gasteiger partial charge is 0.277 e. The van der Waals surface area contributed by atoms with E-state index in [-0.39, 0.29) is 11.8 Å². The van der Waals surface area contributed by atoms with Crippen LogP contribution in [0.5, 0.6) is 5.75 Å². The summed E-state index contributed by atoms with van der Waals surface area (Å²) < 4.78 is 5.53. The second kappa shape index (κ2) is 9.20. The highest BCUT2D eigenvalue weighted by Gasteiger charge is 2.41. The number of nitrogens with zero attached hydrogens (tertiary/aromatic N) is 4. The van der Waals surface area contributed by atoms with Crippen molar-refractivity contribution < 1.29 is 14.3 Å². The van der Waals surface area contributed by atoms with Crippen LogP contribution in [0.25, 0.3) is 5.57 Å². The zero-order valence-corrected chi connectivity index (χ0v) is 18.1. The number of hydrogen-bond donors (Lipinski definition) is 0. The summed E-state index contributed by atoms with van der Waals surface area (Å²) in [5.41, 5.74) is 1.76. The van der Waals surface area contributed by atoms with Crippen molar-refractivity contribution in [3.8, 4) is 5.75 Å². The van der Waals surface area contributed by atoms with Gasteiger partial charge in [-0.05, 0) is 43.2 Å². The van der Waals surface area contributed by atoms with Crippen LogP contribution in [0, 0.1) is 0 Å². The van der Waals surface area contributed by atoms with Crippen molar-refractivity contribution in [1.82, 2.24) is 14.8 Å². The molecule has 1 aromatic heterocycles. The molecular formula is C24H28N4O3. The maximum absolute atomic E-state index is 13.3. The molecule has 1 aromatic carbocycles. The van der Waals surface area contributed by atoms with Gasteiger partial charge in [-0.3, -0.25) is 14.5 Å². The molecule has 1 saturated heterocycles. The lowest BCUT2D eigenvalue weighted by Gasteiger charge is -2.37. The van der Waals surface area contributed by atoms with Gasteiger partial charge in [0.05, 0.1) is 12.2 Å². The first-order valence-electron chi connectivity index (χ1n) is 10.9. The molecule has 3 heterocycles. The Morgan fingerprint density at radius 2 is 1.61 bits per heavy atom. The van der Waals surface area contributed by atoms with Crippen molar-refractivity contribution in [3.63, 3.8) is 0 Å². The van der Waals surface area contributed by atoms with Crippen LogP contribution in [-0.4, -0.2) is 65.9 Å². The Labute approximate surface area is 182 Å². The van der Waals surface area contributed by atoms with Crippen molar-refractivity contribution in [2.24, 2.45) is 0 Å². The lowest BCUT2D eigenvalue weighted by atomic mass is 10.0. The van der Waals surface area contributed by atoms with Crippen LogP contribution in [0.3, 0.4) is 0 Å². The van der Waals surface area contributed by atoms with E-state index in [1.54, 1.807) is 6.20 Å². The lowest BCUT2D eigenvalue weighted by Crippen LogP contribution is -2.48. The van der Waals surface area contributed by atoms with E-state index in [0.29, 0.717) is 37.5 Å². The maximum atomic E-state index is 13.3. The number of carbonyl (C=O) groups excluding carboxylic acids is 2. The van der Waals surface area contributed by atoms with Gasteiger partial charge in [-0.1, -0.05) is 25.1 Å². The molecule has 0 N–H and O–H groups in total. The highest BCUT2D eigenvalue weighted by molar-refractivity contribution is 6.35. The fourth-order valence-corrected chi connectivity index (χ4v) is 4.13. The van der Waals surface area contributed by atoms with Crippen molar-refractivity contribution in [3.05, 3.63) is 59.9 Å². The minimum atomic E-state index is -0.210. The van der Waals surface area contributed by atoms with Crippen LogP contribution in [0.4, 0.5) is 5.82 Å². The quantitative estimate of drug-likeness (QED) is 0.642. The number of piperazine rings is 1. The molecule has 0 bridgehead atoms. The number of aromatic nitrogens is 1. The highest BCUT2D eigenvalue weighted by atomic mass is 16.5. The van der Waals surface area contributed by atoms with Crippen LogP contribution in [0.1, 0.15) is 25.8 Å². The van der Waals surface area contributed by atoms with E-state index >= 15 is 0 Å². The fraction of sp³-hybridized carbons (Fsp3) is 0.375. The third-order valence-electron chi connectivity index (χ3n) is 5.61. The molecule has 0 unspecified atom stereocenters. The van der Waals surface area contributed by atoms with Crippen molar-refractivity contribution in [2.75, 3.05) is 44.2 Å². The zero-order chi connectivity index (χ0) is 21.8. The van der Waals surface area contributed by atoms with Gasteiger partial charge in [-0.25, -0.2) is 4.98 Å². The molecule has 2 aromatic rings. The van der Waals surface area contributed by atoms with Gasteiger partial charge < -0.3 is 14.5 Å². The first-order valence-corrected chi connectivity index (χ1v) is 10.9. The Hall–Kier alpha value is -3.35. The van der Waals surface area contributed by atoms with Gasteiger partial charge in [-0.2, -0.15) is 0 Å². The summed E-state index contributed by atoms with van der Waals surface area (Å²) in [6.45, 7) is 7.71. The summed E-state index contributed by atoms with van der Waals surface area (Å²) in [7, 11) is 0. The van der Waals surface area contributed by atoms with Crippen molar-refractivity contribution in [2.45, 2.75) is 20.3 Å². The summed E-state index contributed by atoms with van der Waals surface area (Å²) in [5.74, 6) is 1.28. The molecule has 0 spiro atoms. The number of pyridine rings is 1. The zero-order valence-electron chi connectivity index (χ0n) is 18.1. The number of hydrogen-bond acceptors (Lipinski definition) is 6. The number of anilines is 1. The van der Waals surface area contributed by atoms with Gasteiger partial charge >= 0.3 is 0 Å². The Morgan fingerprint density at radius 1 is 0.903 bits per heavy atom. The topological polar surface area (TPSA) is 66.0 Å². The fourth-order valence-electron chi connectivity index (χ4n) is 4.13.